The molecule has 0 radical (unpaired) electrons. The van der Waals surface area contributed by atoms with Crippen molar-refractivity contribution >= 4 is 44.9 Å². The summed E-state index contributed by atoms with van der Waals surface area (Å²) in [6.07, 6.45) is 1.73. The summed E-state index contributed by atoms with van der Waals surface area (Å²) >= 11 is 4.42. The zero-order chi connectivity index (χ0) is 20.9. The van der Waals surface area contributed by atoms with Gasteiger partial charge in [-0.05, 0) is 41.1 Å². The molecule has 0 unspecified atom stereocenters. The maximum Gasteiger partial charge on any atom is 0.293 e. The molecule has 1 fully saturated rings. The zero-order valence-corrected chi connectivity index (χ0v) is 18.4. The molecule has 4 rings (SSSR count). The zero-order valence-electron chi connectivity index (χ0n) is 16.0. The second kappa shape index (κ2) is 9.32. The summed E-state index contributed by atoms with van der Waals surface area (Å²) < 4.78 is 6.83. The molecule has 0 bridgehead atoms. The van der Waals surface area contributed by atoms with Crippen LogP contribution in [0.15, 0.2) is 88.2 Å². The van der Waals surface area contributed by atoms with Gasteiger partial charge in [0.05, 0.1) is 11.4 Å². The lowest BCUT2D eigenvalue weighted by atomic mass is 10.1. The summed E-state index contributed by atoms with van der Waals surface area (Å²) in [5, 5.41) is -0.273. The molecule has 1 aliphatic heterocycles. The van der Waals surface area contributed by atoms with Crippen LogP contribution in [0, 0.1) is 0 Å². The number of hydrogen-bond donors (Lipinski definition) is 0. The minimum Gasteiger partial charge on any atom is -0.488 e. The molecular weight excluding hydrogens is 462 g/mol. The number of halogens is 1. The first-order chi connectivity index (χ1) is 14.6. The fourth-order valence-electron chi connectivity index (χ4n) is 3.04. The van der Waals surface area contributed by atoms with Gasteiger partial charge in [0.25, 0.3) is 11.1 Å². The Kier molecular flexibility index (Phi) is 6.35. The standard InChI is InChI=1S/C24H18BrNO3S/c25-20-12-6-4-11-19(20)15-26-23(27)22(30-24(26)28)14-18-10-5-7-13-21(18)29-16-17-8-2-1-3-9-17/h1-14H,15-16H2/b22-14+. The third-order valence-corrected chi connectivity index (χ3v) is 6.28. The Bertz CT molecular complexity index is 1110. The molecule has 4 nitrogen and oxygen atoms in total. The van der Waals surface area contributed by atoms with Crippen molar-refractivity contribution in [2.24, 2.45) is 0 Å². The monoisotopic (exact) mass is 479 g/mol. The van der Waals surface area contributed by atoms with E-state index >= 15 is 0 Å². The molecule has 3 aromatic rings. The van der Waals surface area contributed by atoms with Crippen molar-refractivity contribution in [1.82, 2.24) is 4.90 Å². The third kappa shape index (κ3) is 4.66. The first-order valence-electron chi connectivity index (χ1n) is 9.36. The SMILES string of the molecule is O=C1S/C(=C/c2ccccc2OCc2ccccc2)C(=O)N1Cc1ccccc1Br. The second-order valence-electron chi connectivity index (χ2n) is 6.67. The molecule has 0 aliphatic carbocycles. The summed E-state index contributed by atoms with van der Waals surface area (Å²) in [4.78, 5) is 27.0. The fourth-order valence-corrected chi connectivity index (χ4v) is 4.28. The highest BCUT2D eigenvalue weighted by molar-refractivity contribution is 9.10. The van der Waals surface area contributed by atoms with Gasteiger partial charge in [-0.15, -0.1) is 0 Å². The Morgan fingerprint density at radius 1 is 0.900 bits per heavy atom. The number of imide groups is 1. The van der Waals surface area contributed by atoms with E-state index in [1.165, 1.54) is 4.90 Å². The highest BCUT2D eigenvalue weighted by Gasteiger charge is 2.35. The predicted molar refractivity (Wildman–Crippen MR) is 123 cm³/mol. The van der Waals surface area contributed by atoms with Crippen molar-refractivity contribution in [3.05, 3.63) is 105 Å². The molecule has 1 aliphatic rings. The summed E-state index contributed by atoms with van der Waals surface area (Å²) in [5.74, 6) is 0.373. The highest BCUT2D eigenvalue weighted by Crippen LogP contribution is 2.35. The van der Waals surface area contributed by atoms with E-state index in [4.69, 9.17) is 4.74 Å². The van der Waals surface area contributed by atoms with Crippen LogP contribution in [0.4, 0.5) is 4.79 Å². The van der Waals surface area contributed by atoms with E-state index in [1.54, 1.807) is 6.08 Å². The van der Waals surface area contributed by atoms with Gasteiger partial charge < -0.3 is 4.74 Å². The van der Waals surface area contributed by atoms with Crippen molar-refractivity contribution in [2.75, 3.05) is 0 Å². The molecule has 3 aromatic carbocycles. The van der Waals surface area contributed by atoms with Crippen molar-refractivity contribution in [1.29, 1.82) is 0 Å². The maximum absolute atomic E-state index is 12.9. The molecule has 0 N–H and O–H groups in total. The first-order valence-corrected chi connectivity index (χ1v) is 11.0. The predicted octanol–water partition coefficient (Wildman–Crippen LogP) is 6.26. The van der Waals surface area contributed by atoms with E-state index in [0.29, 0.717) is 17.3 Å². The Morgan fingerprint density at radius 3 is 2.40 bits per heavy atom. The van der Waals surface area contributed by atoms with Crippen LogP contribution < -0.4 is 4.74 Å². The second-order valence-corrected chi connectivity index (χ2v) is 8.52. The molecule has 1 heterocycles. The smallest absolute Gasteiger partial charge is 0.293 e. The Morgan fingerprint density at radius 2 is 1.60 bits per heavy atom. The van der Waals surface area contributed by atoms with E-state index in [-0.39, 0.29) is 17.7 Å². The van der Waals surface area contributed by atoms with Gasteiger partial charge in [-0.25, -0.2) is 0 Å². The van der Waals surface area contributed by atoms with Crippen molar-refractivity contribution in [3.8, 4) is 5.75 Å². The lowest BCUT2D eigenvalue weighted by Crippen LogP contribution is -2.27. The minimum absolute atomic E-state index is 0.232. The van der Waals surface area contributed by atoms with E-state index < -0.39 is 0 Å². The summed E-state index contributed by atoms with van der Waals surface area (Å²) in [6, 6.07) is 25.0. The highest BCUT2D eigenvalue weighted by atomic mass is 79.9. The van der Waals surface area contributed by atoms with Gasteiger partial charge in [0.1, 0.15) is 12.4 Å². The summed E-state index contributed by atoms with van der Waals surface area (Å²) in [7, 11) is 0. The minimum atomic E-state index is -0.293. The molecule has 1 saturated heterocycles. The number of amides is 2. The maximum atomic E-state index is 12.9. The van der Waals surface area contributed by atoms with Crippen molar-refractivity contribution in [3.63, 3.8) is 0 Å². The van der Waals surface area contributed by atoms with Gasteiger partial charge in [0.15, 0.2) is 0 Å². The molecule has 6 heteroatoms. The Balaban J connectivity index is 1.53. The topological polar surface area (TPSA) is 46.6 Å². The molecule has 0 atom stereocenters. The number of hydrogen-bond acceptors (Lipinski definition) is 4. The van der Waals surface area contributed by atoms with Gasteiger partial charge in [0.2, 0.25) is 0 Å². The van der Waals surface area contributed by atoms with E-state index in [1.807, 2.05) is 78.9 Å². The van der Waals surface area contributed by atoms with E-state index in [0.717, 1.165) is 32.9 Å². The number of thioether (sulfide) groups is 1. The van der Waals surface area contributed by atoms with Gasteiger partial charge in [0, 0.05) is 10.0 Å². The number of benzene rings is 3. The quantitative estimate of drug-likeness (QED) is 0.391. The molecule has 30 heavy (non-hydrogen) atoms. The average Bonchev–Trinajstić information content (AvgIpc) is 3.03. The molecular formula is C24H18BrNO3S. The average molecular weight is 480 g/mol. The van der Waals surface area contributed by atoms with Crippen LogP contribution in [0.3, 0.4) is 0 Å². The fraction of sp³-hybridized carbons (Fsp3) is 0.0833. The van der Waals surface area contributed by atoms with Crippen molar-refractivity contribution < 1.29 is 14.3 Å². The number of carbonyl (C=O) groups is 2. The normalized spacial score (nSPS) is 15.1. The van der Waals surface area contributed by atoms with Gasteiger partial charge in [-0.1, -0.05) is 82.7 Å². The van der Waals surface area contributed by atoms with Crippen molar-refractivity contribution in [2.45, 2.75) is 13.2 Å². The van der Waals surface area contributed by atoms with Crippen LogP contribution in [0.5, 0.6) is 5.75 Å². The number of para-hydroxylation sites is 1. The third-order valence-electron chi connectivity index (χ3n) is 4.60. The van der Waals surface area contributed by atoms with Crippen LogP contribution in [-0.4, -0.2) is 16.0 Å². The number of ether oxygens (including phenoxy) is 1. The van der Waals surface area contributed by atoms with Gasteiger partial charge in [-0.3, -0.25) is 14.5 Å². The molecule has 2 amide bonds. The van der Waals surface area contributed by atoms with Gasteiger partial charge >= 0.3 is 0 Å². The Hall–Kier alpha value is -2.83. The van der Waals surface area contributed by atoms with E-state index in [2.05, 4.69) is 15.9 Å². The summed E-state index contributed by atoms with van der Waals surface area (Å²) in [6.45, 7) is 0.658. The van der Waals surface area contributed by atoms with Crippen LogP contribution >= 0.6 is 27.7 Å². The first kappa shape index (κ1) is 20.4. The molecule has 0 saturated carbocycles. The number of nitrogens with zero attached hydrogens (tertiary/aromatic N) is 1. The lowest BCUT2D eigenvalue weighted by Gasteiger charge is -2.13. The summed E-state index contributed by atoms with van der Waals surface area (Å²) in [5.41, 5.74) is 2.70. The molecule has 0 spiro atoms. The number of carbonyl (C=O) groups excluding carboxylic acids is 2. The van der Waals surface area contributed by atoms with Gasteiger partial charge in [-0.2, -0.15) is 0 Å². The van der Waals surface area contributed by atoms with Crippen LogP contribution in [-0.2, 0) is 17.9 Å². The lowest BCUT2D eigenvalue weighted by molar-refractivity contribution is -0.123. The van der Waals surface area contributed by atoms with Crippen LogP contribution in [0.2, 0.25) is 0 Å². The molecule has 0 aromatic heterocycles. The number of rotatable bonds is 6. The molecule has 150 valence electrons. The largest absolute Gasteiger partial charge is 0.488 e. The Labute approximate surface area is 187 Å². The van der Waals surface area contributed by atoms with E-state index in [9.17, 15) is 9.59 Å². The van der Waals surface area contributed by atoms with Crippen LogP contribution in [0.25, 0.3) is 6.08 Å². The van der Waals surface area contributed by atoms with Crippen LogP contribution in [0.1, 0.15) is 16.7 Å².